The molecule has 2 aromatic heterocycles. The molecule has 160 valence electrons. The number of nitrogens with one attached hydrogen (secondary N) is 1. The van der Waals surface area contributed by atoms with Gasteiger partial charge in [0.2, 0.25) is 0 Å². The maximum absolute atomic E-state index is 5.12. The molecule has 0 radical (unpaired) electrons. The molecule has 1 aromatic carbocycles. The molecule has 6 heteroatoms. The monoisotopic (exact) mass is 414 g/mol. The number of aromatic nitrogens is 2. The van der Waals surface area contributed by atoms with Crippen LogP contribution in [0.5, 0.6) is 0 Å². The van der Waals surface area contributed by atoms with E-state index in [9.17, 15) is 0 Å². The highest BCUT2D eigenvalue weighted by Gasteiger charge is 2.22. The number of pyridine rings is 2. The molecule has 4 rings (SSSR count). The second-order valence-corrected chi connectivity index (χ2v) is 8.05. The van der Waals surface area contributed by atoms with Gasteiger partial charge in [-0.05, 0) is 49.2 Å². The number of rotatable bonds is 5. The quantitative estimate of drug-likeness (QED) is 0.645. The smallest absolute Gasteiger partial charge is 0.158 e. The van der Waals surface area contributed by atoms with Crippen LogP contribution in [0, 0.1) is 0 Å². The summed E-state index contributed by atoms with van der Waals surface area (Å²) in [5.41, 5.74) is 4.31. The Kier molecular flexibility index (Phi) is 6.07. The molecular weight excluding hydrogens is 384 g/mol. The first-order chi connectivity index (χ1) is 15.0. The fourth-order valence-corrected chi connectivity index (χ4v) is 3.80. The van der Waals surface area contributed by atoms with Gasteiger partial charge in [-0.2, -0.15) is 0 Å². The lowest BCUT2D eigenvalue weighted by molar-refractivity contribution is 0.688. The number of hydrogen-bond donors (Lipinski definition) is 1. The highest BCUT2D eigenvalue weighted by molar-refractivity contribution is 5.76. The topological polar surface area (TPSA) is 47.5 Å². The van der Waals surface area contributed by atoms with Crippen molar-refractivity contribution in [3.63, 3.8) is 0 Å². The van der Waals surface area contributed by atoms with E-state index in [1.165, 1.54) is 0 Å². The minimum atomic E-state index is 0.777. The second-order valence-electron chi connectivity index (χ2n) is 8.05. The molecule has 3 aromatic rings. The zero-order valence-electron chi connectivity index (χ0n) is 18.5. The first kappa shape index (κ1) is 20.7. The van der Waals surface area contributed by atoms with Crippen LogP contribution in [0.15, 0.2) is 73.2 Å². The van der Waals surface area contributed by atoms with Gasteiger partial charge < -0.3 is 20.0 Å². The van der Waals surface area contributed by atoms with Crippen molar-refractivity contribution in [1.82, 2.24) is 9.97 Å². The SMILES string of the molecule is C=C(Nc1ccccn1)N1CCCCN(C)c2ccc(-c3cccc(N(C)C)c3)nc21. The van der Waals surface area contributed by atoms with Gasteiger partial charge in [-0.3, -0.25) is 0 Å². The van der Waals surface area contributed by atoms with Gasteiger partial charge in [-0.15, -0.1) is 0 Å². The van der Waals surface area contributed by atoms with Crippen molar-refractivity contribution in [2.45, 2.75) is 12.8 Å². The third-order valence-electron chi connectivity index (χ3n) is 5.57. The van der Waals surface area contributed by atoms with E-state index >= 15 is 0 Å². The summed E-state index contributed by atoms with van der Waals surface area (Å²) >= 11 is 0. The Morgan fingerprint density at radius 2 is 1.87 bits per heavy atom. The predicted octanol–water partition coefficient (Wildman–Crippen LogP) is 4.83. The summed E-state index contributed by atoms with van der Waals surface area (Å²) in [6.07, 6.45) is 3.96. The zero-order valence-corrected chi connectivity index (χ0v) is 18.5. The van der Waals surface area contributed by atoms with Crippen LogP contribution in [0.4, 0.5) is 23.0 Å². The third-order valence-corrected chi connectivity index (χ3v) is 5.57. The molecule has 0 saturated heterocycles. The van der Waals surface area contributed by atoms with E-state index in [1.807, 2.05) is 18.2 Å². The Hall–Kier alpha value is -3.54. The van der Waals surface area contributed by atoms with Gasteiger partial charge in [0.1, 0.15) is 11.6 Å². The average molecular weight is 415 g/mol. The Morgan fingerprint density at radius 1 is 1.03 bits per heavy atom. The average Bonchev–Trinajstić information content (AvgIpc) is 2.78. The van der Waals surface area contributed by atoms with Crippen molar-refractivity contribution in [1.29, 1.82) is 0 Å². The van der Waals surface area contributed by atoms with Crippen molar-refractivity contribution in [2.75, 3.05) is 54.2 Å². The van der Waals surface area contributed by atoms with Crippen molar-refractivity contribution in [3.05, 3.63) is 73.2 Å². The van der Waals surface area contributed by atoms with Crippen molar-refractivity contribution in [3.8, 4) is 11.3 Å². The van der Waals surface area contributed by atoms with Gasteiger partial charge in [0.25, 0.3) is 0 Å². The molecule has 0 unspecified atom stereocenters. The highest BCUT2D eigenvalue weighted by atomic mass is 15.3. The molecule has 0 aliphatic carbocycles. The lowest BCUT2D eigenvalue weighted by Crippen LogP contribution is -2.33. The van der Waals surface area contributed by atoms with Gasteiger partial charge in [0, 0.05) is 51.7 Å². The molecule has 31 heavy (non-hydrogen) atoms. The lowest BCUT2D eigenvalue weighted by atomic mass is 10.1. The molecule has 0 amide bonds. The molecule has 0 fully saturated rings. The fraction of sp³-hybridized carbons (Fsp3) is 0.280. The molecule has 0 atom stereocenters. The number of hydrogen-bond acceptors (Lipinski definition) is 6. The summed E-state index contributed by atoms with van der Waals surface area (Å²) in [5.74, 6) is 2.48. The Morgan fingerprint density at radius 3 is 2.65 bits per heavy atom. The first-order valence-electron chi connectivity index (χ1n) is 10.7. The second kappa shape index (κ2) is 9.08. The van der Waals surface area contributed by atoms with E-state index in [1.54, 1.807) is 6.20 Å². The Balaban J connectivity index is 1.74. The minimum absolute atomic E-state index is 0.777. The van der Waals surface area contributed by atoms with E-state index in [0.29, 0.717) is 0 Å². The molecule has 0 saturated carbocycles. The normalized spacial score (nSPS) is 13.8. The van der Waals surface area contributed by atoms with Crippen LogP contribution in [0.2, 0.25) is 0 Å². The summed E-state index contributed by atoms with van der Waals surface area (Å²) < 4.78 is 0. The Bertz CT molecular complexity index is 1050. The van der Waals surface area contributed by atoms with Crippen LogP contribution in [0.1, 0.15) is 12.8 Å². The number of benzene rings is 1. The van der Waals surface area contributed by atoms with Crippen LogP contribution < -0.4 is 20.0 Å². The van der Waals surface area contributed by atoms with Crippen LogP contribution >= 0.6 is 0 Å². The van der Waals surface area contributed by atoms with E-state index in [4.69, 9.17) is 4.98 Å². The molecule has 6 nitrogen and oxygen atoms in total. The summed E-state index contributed by atoms with van der Waals surface area (Å²) in [6.45, 7) is 6.19. The highest BCUT2D eigenvalue weighted by Crippen LogP contribution is 2.34. The predicted molar refractivity (Wildman–Crippen MR) is 131 cm³/mol. The van der Waals surface area contributed by atoms with Crippen LogP contribution in [0.3, 0.4) is 0 Å². The minimum Gasteiger partial charge on any atom is -0.378 e. The standard InChI is InChI=1S/C25H30N6/c1-19(27-24-12-5-6-15-26-24)31-17-8-7-16-30(4)23-14-13-22(28-25(23)31)20-10-9-11-21(18-20)29(2)3/h5-6,9-15,18H,1,7-8,16-17H2,2-4H3,(H,26,27). The summed E-state index contributed by atoms with van der Waals surface area (Å²) in [4.78, 5) is 16.1. The first-order valence-corrected chi connectivity index (χ1v) is 10.7. The van der Waals surface area contributed by atoms with Gasteiger partial charge in [-0.25, -0.2) is 9.97 Å². The lowest BCUT2D eigenvalue weighted by Gasteiger charge is -2.33. The van der Waals surface area contributed by atoms with Crippen molar-refractivity contribution >= 4 is 23.0 Å². The Labute approximate surface area is 184 Å². The molecule has 1 aliphatic rings. The molecular formula is C25H30N6. The van der Waals surface area contributed by atoms with Crippen LogP contribution in [-0.2, 0) is 0 Å². The summed E-state index contributed by atoms with van der Waals surface area (Å²) in [5, 5.41) is 3.35. The van der Waals surface area contributed by atoms with E-state index < -0.39 is 0 Å². The van der Waals surface area contributed by atoms with Crippen molar-refractivity contribution in [2.24, 2.45) is 0 Å². The van der Waals surface area contributed by atoms with Gasteiger partial charge >= 0.3 is 0 Å². The molecule has 0 spiro atoms. The van der Waals surface area contributed by atoms with E-state index in [2.05, 4.69) is 89.1 Å². The van der Waals surface area contributed by atoms with Gasteiger partial charge in [-0.1, -0.05) is 24.8 Å². The van der Waals surface area contributed by atoms with Gasteiger partial charge in [0.05, 0.1) is 11.4 Å². The molecule has 1 N–H and O–H groups in total. The number of nitrogens with zero attached hydrogens (tertiary/aromatic N) is 5. The largest absolute Gasteiger partial charge is 0.378 e. The number of fused-ring (bicyclic) bond motifs is 1. The van der Waals surface area contributed by atoms with Crippen LogP contribution in [0.25, 0.3) is 11.3 Å². The van der Waals surface area contributed by atoms with Crippen LogP contribution in [-0.4, -0.2) is 44.2 Å². The molecule has 1 aliphatic heterocycles. The number of anilines is 4. The summed E-state index contributed by atoms with van der Waals surface area (Å²) in [7, 11) is 6.24. The third kappa shape index (κ3) is 4.63. The molecule has 0 bridgehead atoms. The summed E-state index contributed by atoms with van der Waals surface area (Å²) in [6, 6.07) is 18.6. The van der Waals surface area contributed by atoms with E-state index in [-0.39, 0.29) is 0 Å². The van der Waals surface area contributed by atoms with Gasteiger partial charge in [0.15, 0.2) is 5.82 Å². The molecule has 3 heterocycles. The van der Waals surface area contributed by atoms with Crippen molar-refractivity contribution < 1.29 is 0 Å². The fourth-order valence-electron chi connectivity index (χ4n) is 3.80. The maximum Gasteiger partial charge on any atom is 0.158 e. The zero-order chi connectivity index (χ0) is 21.8. The van der Waals surface area contributed by atoms with E-state index in [0.717, 1.165) is 66.0 Å². The maximum atomic E-state index is 5.12.